The van der Waals surface area contributed by atoms with Crippen LogP contribution < -0.4 is 0 Å². The van der Waals surface area contributed by atoms with E-state index in [0.717, 1.165) is 43.8 Å². The van der Waals surface area contributed by atoms with E-state index in [0.29, 0.717) is 17.4 Å². The Labute approximate surface area is 191 Å². The Hall–Kier alpha value is -2.30. The first-order chi connectivity index (χ1) is 15.3. The Bertz CT molecular complexity index is 1140. The van der Waals surface area contributed by atoms with Crippen molar-refractivity contribution < 1.29 is 13.2 Å². The van der Waals surface area contributed by atoms with E-state index in [4.69, 9.17) is 11.6 Å². The monoisotopic (exact) mass is 455 g/mol. The number of alkyl halides is 3. The summed E-state index contributed by atoms with van der Waals surface area (Å²) < 4.78 is 39.2. The number of fused-ring (bicyclic) bond motifs is 3. The molecule has 0 saturated carbocycles. The molecule has 1 aliphatic carbocycles. The molecule has 166 valence electrons. The number of aryl methyl sites for hydroxylation is 1. The van der Waals surface area contributed by atoms with E-state index in [2.05, 4.69) is 48.2 Å². The van der Waals surface area contributed by atoms with E-state index in [-0.39, 0.29) is 5.02 Å². The zero-order chi connectivity index (χ0) is 22.5. The molecule has 2 aliphatic rings. The highest BCUT2D eigenvalue weighted by Gasteiger charge is 2.38. The number of halogens is 4. The van der Waals surface area contributed by atoms with Gasteiger partial charge in [0.2, 0.25) is 0 Å². The predicted molar refractivity (Wildman–Crippen MR) is 123 cm³/mol. The van der Waals surface area contributed by atoms with Crippen molar-refractivity contribution in [1.82, 2.24) is 4.90 Å². The molecule has 1 aliphatic heterocycles. The summed E-state index contributed by atoms with van der Waals surface area (Å²) in [6.07, 6.45) is -2.14. The number of hydrogen-bond donors (Lipinski definition) is 0. The summed E-state index contributed by atoms with van der Waals surface area (Å²) in [5, 5.41) is 0.142. The maximum Gasteiger partial charge on any atom is 0.416 e. The van der Waals surface area contributed by atoms with Crippen molar-refractivity contribution in [1.29, 1.82) is 0 Å². The van der Waals surface area contributed by atoms with E-state index >= 15 is 0 Å². The molecule has 5 heteroatoms. The van der Waals surface area contributed by atoms with Gasteiger partial charge in [0.25, 0.3) is 0 Å². The van der Waals surface area contributed by atoms with Gasteiger partial charge < -0.3 is 0 Å². The zero-order valence-electron chi connectivity index (χ0n) is 17.9. The Balaban J connectivity index is 1.45. The highest BCUT2D eigenvalue weighted by molar-refractivity contribution is 6.33. The highest BCUT2D eigenvalue weighted by atomic mass is 35.5. The fraction of sp³-hybridized carbons (Fsp3) is 0.333. The summed E-state index contributed by atoms with van der Waals surface area (Å²) >= 11 is 6.32. The average Bonchev–Trinajstić information content (AvgIpc) is 3.12. The zero-order valence-corrected chi connectivity index (χ0v) is 18.7. The van der Waals surface area contributed by atoms with Gasteiger partial charge >= 0.3 is 6.18 Å². The summed E-state index contributed by atoms with van der Waals surface area (Å²) in [6.45, 7) is 5.17. The molecule has 0 radical (unpaired) electrons. The van der Waals surface area contributed by atoms with Gasteiger partial charge in [0, 0.05) is 29.6 Å². The van der Waals surface area contributed by atoms with Crippen LogP contribution in [-0.2, 0) is 19.1 Å². The number of benzene rings is 3. The van der Waals surface area contributed by atoms with Crippen LogP contribution in [-0.4, -0.2) is 18.0 Å². The van der Waals surface area contributed by atoms with Gasteiger partial charge in [-0.25, -0.2) is 0 Å². The molecule has 0 spiro atoms. The number of likely N-dealkylation sites (tertiary alicyclic amines) is 1. The van der Waals surface area contributed by atoms with Gasteiger partial charge in [-0.3, -0.25) is 4.90 Å². The van der Waals surface area contributed by atoms with Crippen LogP contribution in [0.5, 0.6) is 0 Å². The number of hydrogen-bond acceptors (Lipinski definition) is 1. The van der Waals surface area contributed by atoms with Crippen LogP contribution in [0.2, 0.25) is 5.02 Å². The SMILES string of the molecule is Cc1cc(-c2ccc(C(F)(F)F)cc2Cl)cc2c1C[C@@H]1CCN(Cc3ccccc3)C[C@H]21. The Kier molecular flexibility index (Phi) is 5.55. The Morgan fingerprint density at radius 2 is 1.81 bits per heavy atom. The van der Waals surface area contributed by atoms with Crippen molar-refractivity contribution in [2.75, 3.05) is 13.1 Å². The summed E-state index contributed by atoms with van der Waals surface area (Å²) in [4.78, 5) is 2.53. The summed E-state index contributed by atoms with van der Waals surface area (Å²) in [7, 11) is 0. The third kappa shape index (κ3) is 4.06. The van der Waals surface area contributed by atoms with E-state index in [1.54, 1.807) is 0 Å². The number of piperidine rings is 1. The normalized spacial score (nSPS) is 20.8. The maximum absolute atomic E-state index is 13.1. The standard InChI is InChI=1S/C27H25ClF3N/c1-17-11-20(22-8-7-21(14-26(22)28)27(29,30)31)13-24-23(17)12-19-9-10-32(16-25(19)24)15-18-5-3-2-4-6-18/h2-8,11,13-14,19,25H,9-10,12,15-16H2,1H3/t19-,25-/m0/s1. The molecule has 0 amide bonds. The molecule has 1 heterocycles. The number of nitrogens with zero attached hydrogens (tertiary/aromatic N) is 1. The van der Waals surface area contributed by atoms with E-state index in [1.807, 2.05) is 6.07 Å². The minimum atomic E-state index is -4.40. The minimum absolute atomic E-state index is 0.142. The molecule has 5 rings (SSSR count). The quantitative estimate of drug-likeness (QED) is 0.395. The topological polar surface area (TPSA) is 3.24 Å². The molecule has 0 N–H and O–H groups in total. The van der Waals surface area contributed by atoms with E-state index < -0.39 is 11.7 Å². The molecule has 0 unspecified atom stereocenters. The fourth-order valence-electron chi connectivity index (χ4n) is 5.45. The lowest BCUT2D eigenvalue weighted by Gasteiger charge is -2.35. The Morgan fingerprint density at radius 1 is 1.03 bits per heavy atom. The average molecular weight is 456 g/mol. The lowest BCUT2D eigenvalue weighted by Crippen LogP contribution is -2.37. The molecule has 2 atom stereocenters. The first kappa shape index (κ1) is 21.5. The molecule has 0 aromatic heterocycles. The second-order valence-electron chi connectivity index (χ2n) is 9.13. The predicted octanol–water partition coefficient (Wildman–Crippen LogP) is 7.50. The number of rotatable bonds is 3. The molecule has 32 heavy (non-hydrogen) atoms. The molecule has 1 nitrogen and oxygen atoms in total. The van der Waals surface area contributed by atoms with Crippen molar-refractivity contribution in [2.24, 2.45) is 5.92 Å². The summed E-state index contributed by atoms with van der Waals surface area (Å²) in [5.74, 6) is 1.09. The van der Waals surface area contributed by atoms with Gasteiger partial charge in [-0.1, -0.05) is 60.1 Å². The Morgan fingerprint density at radius 3 is 2.53 bits per heavy atom. The molecular weight excluding hydrogens is 431 g/mol. The van der Waals surface area contributed by atoms with Gasteiger partial charge in [0.15, 0.2) is 0 Å². The second kappa shape index (κ2) is 8.24. The van der Waals surface area contributed by atoms with Crippen LogP contribution >= 0.6 is 11.6 Å². The van der Waals surface area contributed by atoms with Crippen LogP contribution in [0.15, 0.2) is 60.7 Å². The van der Waals surface area contributed by atoms with Crippen molar-refractivity contribution in [3.05, 3.63) is 93.5 Å². The van der Waals surface area contributed by atoms with Gasteiger partial charge in [-0.05, 0) is 72.2 Å². The summed E-state index contributed by atoms with van der Waals surface area (Å²) in [5.41, 5.74) is 6.13. The van der Waals surface area contributed by atoms with Crippen molar-refractivity contribution in [2.45, 2.75) is 38.4 Å². The van der Waals surface area contributed by atoms with Crippen LogP contribution in [0.4, 0.5) is 13.2 Å². The summed E-state index contributed by atoms with van der Waals surface area (Å²) in [6, 6.07) is 18.4. The van der Waals surface area contributed by atoms with Gasteiger partial charge in [0.05, 0.1) is 5.56 Å². The molecule has 0 bridgehead atoms. The highest BCUT2D eigenvalue weighted by Crippen LogP contribution is 2.46. The second-order valence-corrected chi connectivity index (χ2v) is 9.54. The molecule has 1 fully saturated rings. The van der Waals surface area contributed by atoms with Gasteiger partial charge in [0.1, 0.15) is 0 Å². The first-order valence-electron chi connectivity index (χ1n) is 11.1. The third-order valence-electron chi connectivity index (χ3n) is 7.07. The van der Waals surface area contributed by atoms with Crippen LogP contribution in [0, 0.1) is 12.8 Å². The van der Waals surface area contributed by atoms with Gasteiger partial charge in [-0.15, -0.1) is 0 Å². The van der Waals surface area contributed by atoms with Crippen molar-refractivity contribution >= 4 is 11.6 Å². The molecular formula is C27H25ClF3N. The van der Waals surface area contributed by atoms with E-state index in [1.165, 1.54) is 34.7 Å². The largest absolute Gasteiger partial charge is 0.416 e. The van der Waals surface area contributed by atoms with E-state index in [9.17, 15) is 13.2 Å². The van der Waals surface area contributed by atoms with Crippen molar-refractivity contribution in [3.63, 3.8) is 0 Å². The lowest BCUT2D eigenvalue weighted by molar-refractivity contribution is -0.137. The maximum atomic E-state index is 13.1. The van der Waals surface area contributed by atoms with Crippen LogP contribution in [0.3, 0.4) is 0 Å². The molecule has 1 saturated heterocycles. The first-order valence-corrected chi connectivity index (χ1v) is 11.4. The minimum Gasteiger partial charge on any atom is -0.298 e. The molecule has 3 aromatic carbocycles. The van der Waals surface area contributed by atoms with Crippen LogP contribution in [0.1, 0.15) is 40.2 Å². The fourth-order valence-corrected chi connectivity index (χ4v) is 5.74. The lowest BCUT2D eigenvalue weighted by atomic mass is 9.85. The smallest absolute Gasteiger partial charge is 0.298 e. The van der Waals surface area contributed by atoms with Crippen LogP contribution in [0.25, 0.3) is 11.1 Å². The molecule has 3 aromatic rings. The third-order valence-corrected chi connectivity index (χ3v) is 7.38. The van der Waals surface area contributed by atoms with Crippen molar-refractivity contribution in [3.8, 4) is 11.1 Å². The van der Waals surface area contributed by atoms with Gasteiger partial charge in [-0.2, -0.15) is 13.2 Å².